The van der Waals surface area contributed by atoms with Crippen molar-refractivity contribution in [2.75, 3.05) is 53.6 Å². The van der Waals surface area contributed by atoms with E-state index in [9.17, 15) is 4.79 Å². The molecular formula is C26H31N3O4S. The number of para-hydroxylation sites is 1. The van der Waals surface area contributed by atoms with Crippen molar-refractivity contribution in [3.8, 4) is 11.5 Å². The van der Waals surface area contributed by atoms with Gasteiger partial charge in [0, 0.05) is 26.2 Å². The number of methoxy groups -OCH3 is 2. The zero-order chi connectivity index (χ0) is 23.9. The molecule has 2 aromatic carbocycles. The van der Waals surface area contributed by atoms with E-state index >= 15 is 0 Å². The van der Waals surface area contributed by atoms with Crippen LogP contribution in [0, 0.1) is 6.92 Å². The molecule has 0 bridgehead atoms. The Labute approximate surface area is 205 Å². The fraction of sp³-hybridized carbons (Fsp3) is 0.385. The van der Waals surface area contributed by atoms with Crippen LogP contribution in [0.15, 0.2) is 52.4 Å². The Morgan fingerprint density at radius 1 is 1.06 bits per heavy atom. The number of aryl methyl sites for hydroxylation is 1. The third-order valence-corrected chi connectivity index (χ3v) is 6.89. The van der Waals surface area contributed by atoms with Gasteiger partial charge in [-0.15, -0.1) is 0 Å². The van der Waals surface area contributed by atoms with Gasteiger partial charge in [-0.1, -0.05) is 18.2 Å². The molecule has 0 radical (unpaired) electrons. The number of carbonyl (C=O) groups excluding carboxylic acids is 1. The summed E-state index contributed by atoms with van der Waals surface area (Å²) in [7, 11) is 3.23. The molecule has 4 rings (SSSR count). The lowest BCUT2D eigenvalue weighted by Gasteiger charge is -2.27. The average Bonchev–Trinajstić information content (AvgIpc) is 3.15. The highest BCUT2D eigenvalue weighted by molar-refractivity contribution is 8.18. The van der Waals surface area contributed by atoms with E-state index in [4.69, 9.17) is 19.2 Å². The van der Waals surface area contributed by atoms with E-state index in [1.807, 2.05) is 55.5 Å². The van der Waals surface area contributed by atoms with Gasteiger partial charge in [0.15, 0.2) is 16.7 Å². The number of benzene rings is 2. The third kappa shape index (κ3) is 5.81. The molecule has 2 aromatic rings. The molecule has 1 amide bonds. The zero-order valence-electron chi connectivity index (χ0n) is 20.0. The van der Waals surface area contributed by atoms with E-state index in [-0.39, 0.29) is 5.91 Å². The van der Waals surface area contributed by atoms with Gasteiger partial charge in [-0.3, -0.25) is 14.6 Å². The van der Waals surface area contributed by atoms with Crippen molar-refractivity contribution in [2.45, 2.75) is 13.3 Å². The fourth-order valence-corrected chi connectivity index (χ4v) is 4.99. The Kier molecular flexibility index (Phi) is 8.26. The summed E-state index contributed by atoms with van der Waals surface area (Å²) >= 11 is 1.42. The Morgan fingerprint density at radius 3 is 2.47 bits per heavy atom. The van der Waals surface area contributed by atoms with E-state index in [0.717, 1.165) is 56.1 Å². The van der Waals surface area contributed by atoms with Gasteiger partial charge in [0.1, 0.15) is 0 Å². The number of morpholine rings is 1. The van der Waals surface area contributed by atoms with Gasteiger partial charge in [0.2, 0.25) is 0 Å². The Hall–Kier alpha value is -2.81. The van der Waals surface area contributed by atoms with Crippen LogP contribution >= 0.6 is 11.8 Å². The third-order valence-electron chi connectivity index (χ3n) is 5.89. The van der Waals surface area contributed by atoms with Gasteiger partial charge >= 0.3 is 0 Å². The van der Waals surface area contributed by atoms with Crippen molar-refractivity contribution >= 4 is 34.6 Å². The van der Waals surface area contributed by atoms with Crippen LogP contribution in [-0.2, 0) is 9.53 Å². The largest absolute Gasteiger partial charge is 0.493 e. The maximum atomic E-state index is 13.4. The van der Waals surface area contributed by atoms with Crippen molar-refractivity contribution in [1.29, 1.82) is 0 Å². The van der Waals surface area contributed by atoms with E-state index in [0.29, 0.717) is 28.1 Å². The minimum atomic E-state index is -0.0177. The maximum absolute atomic E-state index is 13.4. The predicted molar refractivity (Wildman–Crippen MR) is 137 cm³/mol. The molecule has 7 nitrogen and oxygen atoms in total. The Bertz CT molecular complexity index is 1070. The van der Waals surface area contributed by atoms with Crippen LogP contribution in [-0.4, -0.2) is 74.5 Å². The minimum Gasteiger partial charge on any atom is -0.493 e. The number of hydrogen-bond donors (Lipinski definition) is 0. The summed E-state index contributed by atoms with van der Waals surface area (Å²) in [6.07, 6.45) is 2.80. The monoisotopic (exact) mass is 481 g/mol. The molecule has 0 aromatic heterocycles. The van der Waals surface area contributed by atoms with Crippen LogP contribution in [0.25, 0.3) is 6.08 Å². The number of aliphatic imine (C=N–C) groups is 1. The molecule has 0 atom stereocenters. The molecule has 0 aliphatic carbocycles. The maximum Gasteiger partial charge on any atom is 0.266 e. The molecule has 0 saturated carbocycles. The summed E-state index contributed by atoms with van der Waals surface area (Å²) in [5.74, 6) is 1.29. The molecule has 2 fully saturated rings. The second-order valence-electron chi connectivity index (χ2n) is 8.17. The molecular weight excluding hydrogens is 450 g/mol. The molecule has 0 spiro atoms. The van der Waals surface area contributed by atoms with Gasteiger partial charge < -0.3 is 14.2 Å². The highest BCUT2D eigenvalue weighted by Gasteiger charge is 2.33. The van der Waals surface area contributed by atoms with E-state index in [2.05, 4.69) is 4.90 Å². The van der Waals surface area contributed by atoms with Crippen molar-refractivity contribution in [3.05, 3.63) is 58.5 Å². The first-order valence-corrected chi connectivity index (χ1v) is 12.3. The molecule has 2 heterocycles. The summed E-state index contributed by atoms with van der Waals surface area (Å²) < 4.78 is 16.3. The normalized spacial score (nSPS) is 19.3. The van der Waals surface area contributed by atoms with Crippen molar-refractivity contribution in [3.63, 3.8) is 0 Å². The average molecular weight is 482 g/mol. The van der Waals surface area contributed by atoms with Crippen LogP contribution in [0.5, 0.6) is 11.5 Å². The number of amidine groups is 1. The van der Waals surface area contributed by atoms with Gasteiger partial charge in [-0.05, 0) is 66.6 Å². The Balaban J connectivity index is 1.58. The minimum absolute atomic E-state index is 0.0177. The first-order chi connectivity index (χ1) is 16.6. The molecule has 2 aliphatic heterocycles. The van der Waals surface area contributed by atoms with Crippen molar-refractivity contribution in [1.82, 2.24) is 9.80 Å². The van der Waals surface area contributed by atoms with Crippen LogP contribution in [0.2, 0.25) is 0 Å². The van der Waals surface area contributed by atoms with E-state index in [1.165, 1.54) is 11.8 Å². The summed E-state index contributed by atoms with van der Waals surface area (Å²) in [5.41, 5.74) is 2.76. The van der Waals surface area contributed by atoms with Gasteiger partial charge in [0.25, 0.3) is 5.91 Å². The van der Waals surface area contributed by atoms with Crippen LogP contribution in [0.4, 0.5) is 5.69 Å². The highest BCUT2D eigenvalue weighted by Crippen LogP contribution is 2.37. The first-order valence-electron chi connectivity index (χ1n) is 11.5. The molecule has 180 valence electrons. The summed E-state index contributed by atoms with van der Waals surface area (Å²) in [6, 6.07) is 13.6. The number of rotatable bonds is 8. The number of ether oxygens (including phenoxy) is 3. The summed E-state index contributed by atoms with van der Waals surface area (Å²) in [6.45, 7) is 6.99. The lowest BCUT2D eigenvalue weighted by atomic mass is 10.1. The number of nitrogens with zero attached hydrogens (tertiary/aromatic N) is 3. The van der Waals surface area contributed by atoms with Gasteiger partial charge in [-0.2, -0.15) is 0 Å². The fourth-order valence-electron chi connectivity index (χ4n) is 3.97. The number of hydrogen-bond acceptors (Lipinski definition) is 7. The lowest BCUT2D eigenvalue weighted by molar-refractivity contribution is -0.122. The highest BCUT2D eigenvalue weighted by atomic mass is 32.2. The van der Waals surface area contributed by atoms with Crippen molar-refractivity contribution < 1.29 is 19.0 Å². The summed E-state index contributed by atoms with van der Waals surface area (Å²) in [4.78, 5) is 23.1. The standard InChI is InChI=1S/C26H31N3O4S/c1-19-16-22(31-2)23(32-3)17-20(19)18-24-25(30)29(11-7-10-28-12-14-33-15-13-28)26(34-24)27-21-8-5-4-6-9-21/h4-6,8-9,16-18H,7,10-15H2,1-3H3/b24-18-,27-26?. The summed E-state index contributed by atoms with van der Waals surface area (Å²) in [5, 5.41) is 0.711. The molecule has 8 heteroatoms. The second-order valence-corrected chi connectivity index (χ2v) is 9.18. The SMILES string of the molecule is COc1cc(C)c(/C=C2\SC(=Nc3ccccc3)N(CCCN3CCOCC3)C2=O)cc1OC. The van der Waals surface area contributed by atoms with Crippen molar-refractivity contribution in [2.24, 2.45) is 4.99 Å². The number of amides is 1. The van der Waals surface area contributed by atoms with Crippen LogP contribution in [0.3, 0.4) is 0 Å². The molecule has 2 aliphatic rings. The zero-order valence-corrected chi connectivity index (χ0v) is 20.8. The first kappa shape index (κ1) is 24.3. The Morgan fingerprint density at radius 2 is 1.76 bits per heavy atom. The lowest BCUT2D eigenvalue weighted by Crippen LogP contribution is -2.38. The quantitative estimate of drug-likeness (QED) is 0.523. The number of thioether (sulfide) groups is 1. The van der Waals surface area contributed by atoms with E-state index in [1.54, 1.807) is 19.1 Å². The second kappa shape index (κ2) is 11.6. The van der Waals surface area contributed by atoms with Crippen LogP contribution in [0.1, 0.15) is 17.5 Å². The topological polar surface area (TPSA) is 63.6 Å². The van der Waals surface area contributed by atoms with E-state index < -0.39 is 0 Å². The van der Waals surface area contributed by atoms with Gasteiger partial charge in [0.05, 0.1) is 38.0 Å². The molecule has 34 heavy (non-hydrogen) atoms. The molecule has 0 N–H and O–H groups in total. The number of carbonyl (C=O) groups is 1. The predicted octanol–water partition coefficient (Wildman–Crippen LogP) is 4.34. The molecule has 2 saturated heterocycles. The molecule has 0 unspecified atom stereocenters. The smallest absolute Gasteiger partial charge is 0.266 e. The van der Waals surface area contributed by atoms with Crippen LogP contribution < -0.4 is 9.47 Å². The van der Waals surface area contributed by atoms with Gasteiger partial charge in [-0.25, -0.2) is 4.99 Å².